The highest BCUT2D eigenvalue weighted by Crippen LogP contribution is 2.81. The van der Waals surface area contributed by atoms with Gasteiger partial charge in [0.1, 0.15) is 32.3 Å². The van der Waals surface area contributed by atoms with Crippen LogP contribution in [-0.4, -0.2) is 32.3 Å². The van der Waals surface area contributed by atoms with Crippen LogP contribution in [0.1, 0.15) is 104 Å². The van der Waals surface area contributed by atoms with Gasteiger partial charge in [-0.3, -0.25) is 0 Å². The van der Waals surface area contributed by atoms with Gasteiger partial charge in [0.05, 0.1) is 0 Å². The topological polar surface area (TPSA) is 0 Å². The monoisotopic (exact) mass is 806 g/mol. The van der Waals surface area contributed by atoms with Crippen LogP contribution in [-0.2, 0) is 5.41 Å². The second-order valence-electron chi connectivity index (χ2n) is 24.1. The van der Waals surface area contributed by atoms with E-state index >= 15 is 0 Å². The molecule has 8 fully saturated rings. The number of hydrogen-bond donors (Lipinski definition) is 0. The highest BCUT2D eigenvalue weighted by atomic mass is 28.3. The lowest BCUT2D eigenvalue weighted by molar-refractivity contribution is -0.234. The van der Waals surface area contributed by atoms with Gasteiger partial charge in [0.15, 0.2) is 0 Å². The molecule has 0 saturated heterocycles. The Hall–Kier alpha value is -2.45. The summed E-state index contributed by atoms with van der Waals surface area (Å²) in [4.78, 5) is 0. The molecule has 4 heteroatoms. The lowest BCUT2D eigenvalue weighted by atomic mass is 9.26. The Morgan fingerprint density at radius 3 is 1.12 bits per heavy atom. The van der Waals surface area contributed by atoms with Crippen molar-refractivity contribution in [3.8, 4) is 45.9 Å². The largest absolute Gasteiger partial charge is 0.129 e. The summed E-state index contributed by atoms with van der Waals surface area (Å²) < 4.78 is 0. The van der Waals surface area contributed by atoms with Gasteiger partial charge >= 0.3 is 0 Å². The van der Waals surface area contributed by atoms with E-state index in [1.807, 2.05) is 0 Å². The SMILES string of the molecule is C[Si](C)(C)C#Cc1cccc(C2(c3cccc(C#C[Si](C)(C)C)c3C#C[Si](C)(C)C)C3CC4CC(C3)CC2(C23CC5CC(CC(C5)C2)C3)C4)c1C#C[Si](C)(C)C. The minimum atomic E-state index is -1.72. The van der Waals surface area contributed by atoms with Crippen LogP contribution in [0.2, 0.25) is 78.6 Å². The van der Waals surface area contributed by atoms with Crippen LogP contribution in [0.3, 0.4) is 0 Å². The van der Waals surface area contributed by atoms with Gasteiger partial charge in [-0.15, -0.1) is 22.2 Å². The van der Waals surface area contributed by atoms with E-state index in [1.165, 1.54) is 104 Å². The van der Waals surface area contributed by atoms with Crippen LogP contribution in [0, 0.1) is 92.2 Å². The maximum Gasteiger partial charge on any atom is 0.129 e. The summed E-state index contributed by atoms with van der Waals surface area (Å²) in [5.41, 5.74) is 23.8. The van der Waals surface area contributed by atoms with Crippen molar-refractivity contribution in [3.63, 3.8) is 0 Å². The van der Waals surface area contributed by atoms with Crippen molar-refractivity contribution >= 4 is 32.3 Å². The Kier molecular flexibility index (Phi) is 9.95. The summed E-state index contributed by atoms with van der Waals surface area (Å²) in [5.74, 6) is 20.8. The molecule has 0 radical (unpaired) electrons. The molecule has 56 heavy (non-hydrogen) atoms. The molecule has 2 aromatic carbocycles. The zero-order valence-electron chi connectivity index (χ0n) is 37.2. The molecule has 2 atom stereocenters. The minimum absolute atomic E-state index is 0.172. The normalized spacial score (nSPS) is 32.3. The highest BCUT2D eigenvalue weighted by molar-refractivity contribution is 6.85. The van der Waals surface area contributed by atoms with Crippen LogP contribution in [0.25, 0.3) is 0 Å². The van der Waals surface area contributed by atoms with Crippen molar-refractivity contribution in [3.05, 3.63) is 69.8 Å². The molecule has 2 aromatic rings. The molecular weight excluding hydrogens is 737 g/mol. The van der Waals surface area contributed by atoms with E-state index in [0.717, 1.165) is 29.6 Å². The Morgan fingerprint density at radius 1 is 0.429 bits per heavy atom. The molecule has 0 nitrogen and oxygen atoms in total. The summed E-state index contributed by atoms with van der Waals surface area (Å²) in [5, 5.41) is 0. The van der Waals surface area contributed by atoms with Gasteiger partial charge < -0.3 is 0 Å². The third-order valence-corrected chi connectivity index (χ3v) is 18.3. The molecular formula is C52H70Si4. The van der Waals surface area contributed by atoms with Crippen LogP contribution < -0.4 is 0 Å². The van der Waals surface area contributed by atoms with Gasteiger partial charge in [0.2, 0.25) is 0 Å². The van der Waals surface area contributed by atoms with Crippen molar-refractivity contribution in [2.75, 3.05) is 0 Å². The molecule has 0 N–H and O–H groups in total. The first-order chi connectivity index (χ1) is 26.1. The third kappa shape index (κ3) is 7.28. The Bertz CT molecular complexity index is 2000. The van der Waals surface area contributed by atoms with Crippen molar-refractivity contribution in [1.29, 1.82) is 0 Å². The van der Waals surface area contributed by atoms with E-state index in [1.54, 1.807) is 0 Å². The lowest BCUT2D eigenvalue weighted by Gasteiger charge is -2.77. The van der Waals surface area contributed by atoms with Gasteiger partial charge in [0.25, 0.3) is 0 Å². The van der Waals surface area contributed by atoms with Crippen molar-refractivity contribution in [1.82, 2.24) is 0 Å². The van der Waals surface area contributed by atoms with E-state index in [-0.39, 0.29) is 10.8 Å². The fourth-order valence-corrected chi connectivity index (χ4v) is 16.0. The summed E-state index contributed by atoms with van der Waals surface area (Å²) in [6.45, 7) is 28.8. The molecule has 0 aromatic heterocycles. The molecule has 2 unspecified atom stereocenters. The van der Waals surface area contributed by atoms with Gasteiger partial charge in [-0.1, -0.05) is 127 Å². The molecule has 0 spiro atoms. The van der Waals surface area contributed by atoms with E-state index in [9.17, 15) is 0 Å². The van der Waals surface area contributed by atoms with Crippen LogP contribution in [0.5, 0.6) is 0 Å². The molecule has 0 aliphatic heterocycles. The van der Waals surface area contributed by atoms with E-state index < -0.39 is 32.3 Å². The predicted octanol–water partition coefficient (Wildman–Crippen LogP) is 12.9. The number of rotatable bonds is 3. The molecule has 8 bridgehead atoms. The fraction of sp³-hybridized carbons (Fsp3) is 0.615. The van der Waals surface area contributed by atoms with Crippen molar-refractivity contribution < 1.29 is 0 Å². The Morgan fingerprint density at radius 2 is 0.768 bits per heavy atom. The number of hydrogen-bond acceptors (Lipinski definition) is 0. The molecule has 8 saturated carbocycles. The second kappa shape index (κ2) is 13.8. The predicted molar refractivity (Wildman–Crippen MR) is 251 cm³/mol. The van der Waals surface area contributed by atoms with Crippen LogP contribution in [0.15, 0.2) is 36.4 Å². The van der Waals surface area contributed by atoms with Crippen molar-refractivity contribution in [2.45, 2.75) is 155 Å². The van der Waals surface area contributed by atoms with Crippen LogP contribution >= 0.6 is 0 Å². The summed E-state index contributed by atoms with van der Waals surface area (Å²) >= 11 is 0. The standard InChI is InChI=1S/C52H70Si4/c1-53(2,3)23-19-43-15-13-17-48(46(43)21-25-55(7,8)9)52(49-18-14-16-44(20-24-54(4,5)6)47(49)22-26-56(10,11)12)45-31-41-30-42(32-45)37-51(52,36-41)50-33-38-27-39(34-50)29-40(28-38)35-50/h13-18,38-42,45H,27-37H2,1-12H3. The van der Waals surface area contributed by atoms with Gasteiger partial charge in [-0.05, 0) is 140 Å². The second-order valence-corrected chi connectivity index (χ2v) is 43.1. The maximum atomic E-state index is 4.06. The summed E-state index contributed by atoms with van der Waals surface area (Å²) in [7, 11) is -6.74. The maximum absolute atomic E-state index is 4.06. The van der Waals surface area contributed by atoms with Gasteiger partial charge in [0, 0.05) is 27.7 Å². The molecule has 294 valence electrons. The first kappa shape index (κ1) is 40.3. The van der Waals surface area contributed by atoms with Crippen LogP contribution in [0.4, 0.5) is 0 Å². The highest BCUT2D eigenvalue weighted by Gasteiger charge is 2.75. The van der Waals surface area contributed by atoms with Gasteiger partial charge in [-0.2, -0.15) is 0 Å². The quantitative estimate of drug-likeness (QED) is 0.214. The zero-order valence-corrected chi connectivity index (χ0v) is 41.2. The summed E-state index contributed by atoms with van der Waals surface area (Å²) in [6, 6.07) is 14.6. The summed E-state index contributed by atoms with van der Waals surface area (Å²) in [6.07, 6.45) is 15.7. The zero-order chi connectivity index (χ0) is 40.1. The molecule has 8 aliphatic rings. The first-order valence-electron chi connectivity index (χ1n) is 22.5. The van der Waals surface area contributed by atoms with Gasteiger partial charge in [-0.25, -0.2) is 0 Å². The minimum Gasteiger partial charge on any atom is -0.127 e. The molecule has 10 rings (SSSR count). The Balaban J connectivity index is 1.54. The third-order valence-electron chi connectivity index (χ3n) is 14.8. The first-order valence-corrected chi connectivity index (χ1v) is 36.5. The average Bonchev–Trinajstić information content (AvgIpc) is 3.06. The fourth-order valence-electron chi connectivity index (χ4n) is 13.9. The molecule has 0 heterocycles. The van der Waals surface area contributed by atoms with E-state index in [2.05, 4.69) is 161 Å². The molecule has 8 aliphatic carbocycles. The van der Waals surface area contributed by atoms with E-state index in [4.69, 9.17) is 0 Å². The Labute approximate surface area is 347 Å². The molecule has 0 amide bonds. The smallest absolute Gasteiger partial charge is 0.127 e. The average molecular weight is 807 g/mol. The van der Waals surface area contributed by atoms with E-state index in [0.29, 0.717) is 11.3 Å². The lowest BCUT2D eigenvalue weighted by Crippen LogP contribution is -2.71. The number of benzene rings is 2. The van der Waals surface area contributed by atoms with Crippen molar-refractivity contribution in [2.24, 2.45) is 46.3 Å².